The Morgan fingerprint density at radius 1 is 0.427 bits per heavy atom. The molecule has 1 heterocycles. The number of allylic oxidation sites excluding steroid dienone is 5. The molecule has 1 aliphatic rings. The third-order valence-electron chi connectivity index (χ3n) is 18.5. The molecule has 1 rings (SSSR count). The number of hydrogen-bond acceptors (Lipinski definition) is 10. The van der Waals surface area contributed by atoms with Crippen molar-refractivity contribution in [1.82, 2.24) is 5.32 Å². The smallest absolute Gasteiger partial charge is 0.306 e. The molecule has 1 fully saturated rings. The van der Waals surface area contributed by atoms with E-state index in [9.17, 15) is 35.1 Å². The van der Waals surface area contributed by atoms with Crippen LogP contribution in [0.4, 0.5) is 0 Å². The van der Waals surface area contributed by atoms with E-state index in [0.717, 1.165) is 57.8 Å². The molecule has 0 bridgehead atoms. The van der Waals surface area contributed by atoms with Crippen LogP contribution in [0.2, 0.25) is 0 Å². The highest BCUT2D eigenvalue weighted by Crippen LogP contribution is 2.27. The van der Waals surface area contributed by atoms with E-state index in [1.807, 2.05) is 6.08 Å². The number of amides is 1. The van der Waals surface area contributed by atoms with Crippen LogP contribution in [0, 0.1) is 0 Å². The molecule has 1 aliphatic heterocycles. The molecule has 0 aromatic carbocycles. The first-order chi connectivity index (χ1) is 43.7. The molecule has 8 atom stereocenters. The summed E-state index contributed by atoms with van der Waals surface area (Å²) in [6.07, 6.45) is 72.0. The quantitative estimate of drug-likeness (QED) is 0.0195. The Hall–Kier alpha value is -2.12. The largest absolute Gasteiger partial charge is 0.454 e. The van der Waals surface area contributed by atoms with Gasteiger partial charge in [0.05, 0.1) is 25.4 Å². The van der Waals surface area contributed by atoms with Crippen molar-refractivity contribution in [2.45, 2.75) is 436 Å². The van der Waals surface area contributed by atoms with E-state index in [2.05, 4.69) is 50.4 Å². The minimum Gasteiger partial charge on any atom is -0.454 e. The van der Waals surface area contributed by atoms with Gasteiger partial charge in [0.2, 0.25) is 5.91 Å². The van der Waals surface area contributed by atoms with E-state index < -0.39 is 67.4 Å². The zero-order chi connectivity index (χ0) is 64.6. The Kier molecular flexibility index (Phi) is 62.9. The lowest BCUT2D eigenvalue weighted by atomic mass is 9.99. The number of esters is 1. The molecule has 89 heavy (non-hydrogen) atoms. The summed E-state index contributed by atoms with van der Waals surface area (Å²) >= 11 is 0. The molecular weight excluding hydrogens is 1110 g/mol. The number of nitrogens with one attached hydrogen (secondary N) is 1. The Bertz CT molecular complexity index is 1590. The van der Waals surface area contributed by atoms with Gasteiger partial charge in [0.1, 0.15) is 24.4 Å². The number of hydrogen-bond donors (Lipinski definition) is 6. The summed E-state index contributed by atoms with van der Waals surface area (Å²) in [4.78, 5) is 26.7. The summed E-state index contributed by atoms with van der Waals surface area (Å²) < 4.78 is 17.8. The van der Waals surface area contributed by atoms with Crippen LogP contribution < -0.4 is 5.32 Å². The minimum absolute atomic E-state index is 0.128. The number of carbonyl (C=O) groups is 2. The third kappa shape index (κ3) is 52.9. The Morgan fingerprint density at radius 2 is 0.742 bits per heavy atom. The van der Waals surface area contributed by atoms with Gasteiger partial charge >= 0.3 is 5.97 Å². The Labute approximate surface area is 549 Å². The van der Waals surface area contributed by atoms with Gasteiger partial charge in [-0.1, -0.05) is 340 Å². The topological polar surface area (TPSA) is 175 Å². The third-order valence-corrected chi connectivity index (χ3v) is 18.5. The van der Waals surface area contributed by atoms with E-state index in [1.165, 1.54) is 283 Å². The van der Waals surface area contributed by atoms with E-state index in [0.29, 0.717) is 19.3 Å². The van der Waals surface area contributed by atoms with E-state index >= 15 is 0 Å². The van der Waals surface area contributed by atoms with Crippen molar-refractivity contribution in [1.29, 1.82) is 0 Å². The second-order valence-corrected chi connectivity index (χ2v) is 27.1. The monoisotopic (exact) mass is 1260 g/mol. The minimum atomic E-state index is -1.61. The van der Waals surface area contributed by atoms with Crippen LogP contribution in [0.3, 0.4) is 0 Å². The van der Waals surface area contributed by atoms with Crippen molar-refractivity contribution < 1.29 is 49.3 Å². The first-order valence-corrected chi connectivity index (χ1v) is 38.8. The first-order valence-electron chi connectivity index (χ1n) is 38.8. The van der Waals surface area contributed by atoms with Gasteiger partial charge in [-0.3, -0.25) is 9.59 Å². The fourth-order valence-corrected chi connectivity index (χ4v) is 12.4. The number of rotatable bonds is 68. The fourth-order valence-electron chi connectivity index (χ4n) is 12.4. The van der Waals surface area contributed by atoms with Crippen molar-refractivity contribution in [3.63, 3.8) is 0 Å². The van der Waals surface area contributed by atoms with Gasteiger partial charge in [0.25, 0.3) is 0 Å². The summed E-state index contributed by atoms with van der Waals surface area (Å²) in [7, 11) is 0. The van der Waals surface area contributed by atoms with Gasteiger partial charge in [-0.2, -0.15) is 0 Å². The summed E-state index contributed by atoms with van der Waals surface area (Å²) in [5.74, 6) is -1.18. The highest BCUT2D eigenvalue weighted by atomic mass is 16.7. The molecule has 11 heteroatoms. The van der Waals surface area contributed by atoms with Gasteiger partial charge < -0.3 is 45.1 Å². The average Bonchev–Trinajstić information content (AvgIpc) is 1.85. The molecule has 524 valence electrons. The second-order valence-electron chi connectivity index (χ2n) is 27.1. The molecule has 0 aromatic rings. The van der Waals surface area contributed by atoms with Gasteiger partial charge in [-0.15, -0.1) is 0 Å². The maximum atomic E-state index is 13.5. The summed E-state index contributed by atoms with van der Waals surface area (Å²) in [5, 5.41) is 57.4. The highest BCUT2D eigenvalue weighted by Gasteiger charge is 2.47. The van der Waals surface area contributed by atoms with E-state index in [-0.39, 0.29) is 13.0 Å². The normalized spacial score (nSPS) is 18.2. The van der Waals surface area contributed by atoms with Crippen molar-refractivity contribution in [2.24, 2.45) is 0 Å². The maximum absolute atomic E-state index is 13.5. The summed E-state index contributed by atoms with van der Waals surface area (Å²) in [5.41, 5.74) is 0. The molecule has 8 unspecified atom stereocenters. The zero-order valence-corrected chi connectivity index (χ0v) is 58.6. The lowest BCUT2D eigenvalue weighted by molar-refractivity contribution is -0.305. The molecule has 0 radical (unpaired) electrons. The number of ether oxygens (including phenoxy) is 3. The van der Waals surface area contributed by atoms with Crippen LogP contribution in [-0.4, -0.2) is 99.6 Å². The van der Waals surface area contributed by atoms with Crippen LogP contribution in [0.25, 0.3) is 0 Å². The summed E-state index contributed by atoms with van der Waals surface area (Å²) in [6.45, 7) is 5.85. The zero-order valence-electron chi connectivity index (χ0n) is 58.6. The highest BCUT2D eigenvalue weighted by molar-refractivity contribution is 5.80. The van der Waals surface area contributed by atoms with Crippen molar-refractivity contribution in [3.8, 4) is 0 Å². The molecule has 0 aliphatic carbocycles. The van der Waals surface area contributed by atoms with Gasteiger partial charge in [0.15, 0.2) is 12.4 Å². The molecule has 0 saturated carbocycles. The van der Waals surface area contributed by atoms with Crippen molar-refractivity contribution in [3.05, 3.63) is 36.5 Å². The van der Waals surface area contributed by atoms with Gasteiger partial charge in [-0.25, -0.2) is 0 Å². The SMILES string of the molecule is CCCCCCCC/C=C/CCCCCCCCCCCCCCCCCCCC(=O)OC1C(OCC(NC(=O)C(O)CCCCCCCCCCCC/C=C/CCCCCCCC)C(O)/C=C/CCCCCCCCCCCCC)OC(CO)C(O)C1O. The van der Waals surface area contributed by atoms with Crippen molar-refractivity contribution >= 4 is 11.9 Å². The van der Waals surface area contributed by atoms with Crippen LogP contribution in [-0.2, 0) is 23.8 Å². The molecule has 0 aromatic heterocycles. The average molecular weight is 1260 g/mol. The van der Waals surface area contributed by atoms with Crippen LogP contribution >= 0.6 is 0 Å². The standard InChI is InChI=1S/C78H147NO10/c1-4-7-10-13-16-19-22-25-27-29-31-33-34-35-36-37-38-39-41-43-45-48-51-54-57-60-63-66-73(83)89-76-75(85)74(84)72(67-80)88-78(76)87-68-69(70(81)64-61-58-55-52-49-46-24-21-18-15-12-9-6-3)79-77(86)71(82)65-62-59-56-53-50-47-44-42-40-32-30-28-26-23-20-17-14-11-8-5-2/h25-28,61,64,69-72,74-76,78,80-82,84-85H,4-24,29-60,62-63,65-68H2,1-3H3,(H,79,86)/b27-25+,28-26+,64-61+. The molecule has 6 N–H and O–H groups in total. The molecule has 1 saturated heterocycles. The van der Waals surface area contributed by atoms with Crippen LogP contribution in [0.1, 0.15) is 387 Å². The molecular formula is C78H147NO10. The van der Waals surface area contributed by atoms with Crippen molar-refractivity contribution in [2.75, 3.05) is 13.2 Å². The van der Waals surface area contributed by atoms with E-state index in [4.69, 9.17) is 14.2 Å². The number of aliphatic hydroxyl groups is 5. The first kappa shape index (κ1) is 84.9. The van der Waals surface area contributed by atoms with E-state index in [1.54, 1.807) is 6.08 Å². The predicted octanol–water partition coefficient (Wildman–Crippen LogP) is 20.5. The van der Waals surface area contributed by atoms with Gasteiger partial charge in [0, 0.05) is 6.42 Å². The predicted molar refractivity (Wildman–Crippen MR) is 375 cm³/mol. The number of carbonyl (C=O) groups excluding carboxylic acids is 2. The fraction of sp³-hybridized carbons (Fsp3) is 0.897. The lowest BCUT2D eigenvalue weighted by Crippen LogP contribution is -2.61. The second kappa shape index (κ2) is 65.9. The lowest BCUT2D eigenvalue weighted by Gasteiger charge is -2.41. The Morgan fingerprint density at radius 3 is 1.09 bits per heavy atom. The summed E-state index contributed by atoms with van der Waals surface area (Å²) in [6, 6.07) is -1.02. The maximum Gasteiger partial charge on any atom is 0.306 e. The molecule has 1 amide bonds. The Balaban J connectivity index is 2.51. The van der Waals surface area contributed by atoms with Crippen LogP contribution in [0.5, 0.6) is 0 Å². The van der Waals surface area contributed by atoms with Gasteiger partial charge in [-0.05, 0) is 77.0 Å². The number of unbranched alkanes of at least 4 members (excludes halogenated alkanes) is 50. The molecule has 11 nitrogen and oxygen atoms in total. The number of aliphatic hydroxyl groups excluding tert-OH is 5. The molecule has 0 spiro atoms. The van der Waals surface area contributed by atoms with Crippen LogP contribution in [0.15, 0.2) is 36.5 Å².